The third kappa shape index (κ3) is 4.88. The standard InChI is InChI=1S/C15H19ClN2O2S/c1-2-8-17-14(19)7-9-18-15(11-4-3-10-20-11)12-5-6-13(16)21-12/h3-6,10,15,18H,2,7-9H2,1H3,(H,17,19). The molecule has 21 heavy (non-hydrogen) atoms. The predicted octanol–water partition coefficient (Wildman–Crippen LogP) is 3.59. The summed E-state index contributed by atoms with van der Waals surface area (Å²) >= 11 is 7.51. The number of hydrogen-bond donors (Lipinski definition) is 2. The first-order chi connectivity index (χ1) is 10.2. The highest BCUT2D eigenvalue weighted by atomic mass is 35.5. The molecule has 2 heterocycles. The molecule has 0 aromatic carbocycles. The van der Waals surface area contributed by atoms with E-state index in [1.165, 1.54) is 11.3 Å². The van der Waals surface area contributed by atoms with Crippen molar-refractivity contribution < 1.29 is 9.21 Å². The van der Waals surface area contributed by atoms with E-state index in [2.05, 4.69) is 10.6 Å². The van der Waals surface area contributed by atoms with Crippen LogP contribution in [-0.4, -0.2) is 19.0 Å². The number of carbonyl (C=O) groups excluding carboxylic acids is 1. The molecule has 2 aromatic rings. The quantitative estimate of drug-likeness (QED) is 0.779. The molecule has 0 saturated carbocycles. The van der Waals surface area contributed by atoms with E-state index in [1.54, 1.807) is 6.26 Å². The van der Waals surface area contributed by atoms with Crippen molar-refractivity contribution in [3.8, 4) is 0 Å². The molecule has 0 fully saturated rings. The fraction of sp³-hybridized carbons (Fsp3) is 0.400. The third-order valence-electron chi connectivity index (χ3n) is 2.98. The molecular formula is C15H19ClN2O2S. The molecule has 2 N–H and O–H groups in total. The third-order valence-corrected chi connectivity index (χ3v) is 4.27. The molecular weight excluding hydrogens is 308 g/mol. The minimum Gasteiger partial charge on any atom is -0.467 e. The van der Waals surface area contributed by atoms with Gasteiger partial charge >= 0.3 is 0 Å². The lowest BCUT2D eigenvalue weighted by Crippen LogP contribution is -2.30. The van der Waals surface area contributed by atoms with E-state index in [-0.39, 0.29) is 11.9 Å². The highest BCUT2D eigenvalue weighted by Gasteiger charge is 2.18. The molecule has 2 aromatic heterocycles. The number of carbonyl (C=O) groups is 1. The molecule has 0 bridgehead atoms. The van der Waals surface area contributed by atoms with E-state index in [1.807, 2.05) is 31.2 Å². The van der Waals surface area contributed by atoms with Crippen LogP contribution in [-0.2, 0) is 4.79 Å². The van der Waals surface area contributed by atoms with Gasteiger partial charge in [-0.2, -0.15) is 0 Å². The maximum absolute atomic E-state index is 11.6. The Morgan fingerprint density at radius 2 is 2.24 bits per heavy atom. The molecule has 0 aliphatic carbocycles. The van der Waals surface area contributed by atoms with E-state index in [9.17, 15) is 4.79 Å². The van der Waals surface area contributed by atoms with Gasteiger partial charge in [0.1, 0.15) is 11.8 Å². The van der Waals surface area contributed by atoms with E-state index >= 15 is 0 Å². The van der Waals surface area contributed by atoms with Crippen LogP contribution in [0.15, 0.2) is 34.9 Å². The van der Waals surface area contributed by atoms with Crippen LogP contribution in [0.3, 0.4) is 0 Å². The Labute approximate surface area is 133 Å². The van der Waals surface area contributed by atoms with E-state index in [0.29, 0.717) is 13.0 Å². The molecule has 6 heteroatoms. The zero-order chi connectivity index (χ0) is 15.1. The summed E-state index contributed by atoms with van der Waals surface area (Å²) in [6.07, 6.45) is 3.03. The number of hydrogen-bond acceptors (Lipinski definition) is 4. The second kappa shape index (κ2) is 8.22. The first-order valence-corrected chi connectivity index (χ1v) is 8.19. The molecule has 1 unspecified atom stereocenters. The monoisotopic (exact) mass is 326 g/mol. The Balaban J connectivity index is 1.93. The average molecular weight is 327 g/mol. The van der Waals surface area contributed by atoms with Crippen molar-refractivity contribution in [1.82, 2.24) is 10.6 Å². The molecule has 0 saturated heterocycles. The lowest BCUT2D eigenvalue weighted by Gasteiger charge is -2.15. The highest BCUT2D eigenvalue weighted by molar-refractivity contribution is 7.16. The molecule has 4 nitrogen and oxygen atoms in total. The Bertz CT molecular complexity index is 554. The largest absolute Gasteiger partial charge is 0.467 e. The smallest absolute Gasteiger partial charge is 0.221 e. The lowest BCUT2D eigenvalue weighted by atomic mass is 10.2. The zero-order valence-corrected chi connectivity index (χ0v) is 13.5. The molecule has 114 valence electrons. The molecule has 0 aliphatic heterocycles. The first kappa shape index (κ1) is 16.1. The van der Waals surface area contributed by atoms with E-state index in [0.717, 1.165) is 27.9 Å². The number of amides is 1. The zero-order valence-electron chi connectivity index (χ0n) is 11.9. The summed E-state index contributed by atoms with van der Waals surface area (Å²) in [5, 5.41) is 6.22. The van der Waals surface area contributed by atoms with Crippen molar-refractivity contribution in [3.05, 3.63) is 45.5 Å². The summed E-state index contributed by atoms with van der Waals surface area (Å²) in [6, 6.07) is 7.55. The van der Waals surface area contributed by atoms with Gasteiger partial charge in [-0.25, -0.2) is 0 Å². The van der Waals surface area contributed by atoms with E-state index < -0.39 is 0 Å². The summed E-state index contributed by atoms with van der Waals surface area (Å²) < 4.78 is 6.22. The Morgan fingerprint density at radius 1 is 1.38 bits per heavy atom. The van der Waals surface area contributed by atoms with Crippen LogP contribution in [0.25, 0.3) is 0 Å². The number of nitrogens with one attached hydrogen (secondary N) is 2. The van der Waals surface area contributed by atoms with Gasteiger partial charge in [0, 0.05) is 24.4 Å². The van der Waals surface area contributed by atoms with Crippen LogP contribution in [0.2, 0.25) is 4.34 Å². The summed E-state index contributed by atoms with van der Waals surface area (Å²) in [5.41, 5.74) is 0. The van der Waals surface area contributed by atoms with Crippen molar-refractivity contribution in [1.29, 1.82) is 0 Å². The molecule has 2 rings (SSSR count). The predicted molar refractivity (Wildman–Crippen MR) is 85.8 cm³/mol. The van der Waals surface area contributed by atoms with Crippen LogP contribution in [0.4, 0.5) is 0 Å². The van der Waals surface area contributed by atoms with Crippen LogP contribution < -0.4 is 10.6 Å². The second-order valence-electron chi connectivity index (χ2n) is 4.64. The fourth-order valence-electron chi connectivity index (χ4n) is 1.96. The minimum atomic E-state index is -0.0727. The molecule has 0 aliphatic rings. The van der Waals surface area contributed by atoms with Gasteiger partial charge in [-0.1, -0.05) is 18.5 Å². The van der Waals surface area contributed by atoms with Crippen LogP contribution in [0, 0.1) is 0 Å². The highest BCUT2D eigenvalue weighted by Crippen LogP contribution is 2.31. The number of furan rings is 1. The van der Waals surface area contributed by atoms with Crippen molar-refractivity contribution >= 4 is 28.8 Å². The average Bonchev–Trinajstić information content (AvgIpc) is 3.13. The Morgan fingerprint density at radius 3 is 2.86 bits per heavy atom. The van der Waals surface area contributed by atoms with Gasteiger partial charge in [0.15, 0.2) is 0 Å². The van der Waals surface area contributed by atoms with Crippen molar-refractivity contribution in [2.75, 3.05) is 13.1 Å². The summed E-state index contributed by atoms with van der Waals surface area (Å²) in [5.74, 6) is 0.884. The number of halogens is 1. The Kier molecular flexibility index (Phi) is 6.29. The van der Waals surface area contributed by atoms with Crippen molar-refractivity contribution in [3.63, 3.8) is 0 Å². The van der Waals surface area contributed by atoms with Gasteiger partial charge in [-0.3, -0.25) is 4.79 Å². The molecule has 0 radical (unpaired) electrons. The topological polar surface area (TPSA) is 54.3 Å². The molecule has 1 atom stereocenters. The molecule has 1 amide bonds. The minimum absolute atomic E-state index is 0.0618. The second-order valence-corrected chi connectivity index (χ2v) is 6.39. The van der Waals surface area contributed by atoms with Crippen molar-refractivity contribution in [2.24, 2.45) is 0 Å². The van der Waals surface area contributed by atoms with Crippen LogP contribution in [0.5, 0.6) is 0 Å². The maximum Gasteiger partial charge on any atom is 0.221 e. The summed E-state index contributed by atoms with van der Waals surface area (Å²) in [7, 11) is 0. The fourth-order valence-corrected chi connectivity index (χ4v) is 3.11. The normalized spacial score (nSPS) is 12.3. The summed E-state index contributed by atoms with van der Waals surface area (Å²) in [4.78, 5) is 12.7. The van der Waals surface area contributed by atoms with Crippen molar-refractivity contribution in [2.45, 2.75) is 25.8 Å². The van der Waals surface area contributed by atoms with E-state index in [4.69, 9.17) is 16.0 Å². The summed E-state index contributed by atoms with van der Waals surface area (Å²) in [6.45, 7) is 3.34. The Hall–Kier alpha value is -1.30. The van der Waals surface area contributed by atoms with Gasteiger partial charge in [0.05, 0.1) is 10.6 Å². The van der Waals surface area contributed by atoms with Gasteiger partial charge in [0.25, 0.3) is 0 Å². The SMILES string of the molecule is CCCNC(=O)CCNC(c1ccco1)c1ccc(Cl)s1. The first-order valence-electron chi connectivity index (χ1n) is 6.99. The van der Waals surface area contributed by atoms with Crippen LogP contribution >= 0.6 is 22.9 Å². The van der Waals surface area contributed by atoms with Gasteiger partial charge in [-0.05, 0) is 30.7 Å². The maximum atomic E-state index is 11.6. The van der Waals surface area contributed by atoms with Crippen LogP contribution in [0.1, 0.15) is 36.4 Å². The molecule has 0 spiro atoms. The van der Waals surface area contributed by atoms with Gasteiger partial charge in [-0.15, -0.1) is 11.3 Å². The number of thiophene rings is 1. The lowest BCUT2D eigenvalue weighted by molar-refractivity contribution is -0.121. The number of rotatable bonds is 8. The van der Waals surface area contributed by atoms with Gasteiger partial charge < -0.3 is 15.1 Å². The van der Waals surface area contributed by atoms with Gasteiger partial charge in [0.2, 0.25) is 5.91 Å².